The lowest BCUT2D eigenvalue weighted by atomic mass is 9.93. The molecular formula is C20H31O9P. The highest BCUT2D eigenvalue weighted by Crippen LogP contribution is 2.52. The molecule has 0 aliphatic heterocycles. The van der Waals surface area contributed by atoms with Crippen molar-refractivity contribution in [2.75, 3.05) is 26.4 Å². The second-order valence-corrected chi connectivity index (χ2v) is 8.43. The summed E-state index contributed by atoms with van der Waals surface area (Å²) >= 11 is 0. The predicted octanol–water partition coefficient (Wildman–Crippen LogP) is 3.84. The van der Waals surface area contributed by atoms with E-state index in [0.717, 1.165) is 0 Å². The van der Waals surface area contributed by atoms with Gasteiger partial charge in [0, 0.05) is 5.56 Å². The molecule has 0 aromatic carbocycles. The molecule has 0 saturated carbocycles. The Bertz CT molecular complexity index is 786. The molecule has 1 heterocycles. The number of hydrogen-bond donors (Lipinski definition) is 0. The Morgan fingerprint density at radius 1 is 0.967 bits per heavy atom. The van der Waals surface area contributed by atoms with Gasteiger partial charge in [-0.3, -0.25) is 14.2 Å². The van der Waals surface area contributed by atoms with E-state index in [0.29, 0.717) is 11.3 Å². The summed E-state index contributed by atoms with van der Waals surface area (Å²) in [5.74, 6) is -2.52. The second-order valence-electron chi connectivity index (χ2n) is 6.38. The maximum Gasteiger partial charge on any atom is 0.342 e. The SMILES string of the molecule is CCOC(=O)c1c(CP(=O)(OCC)OCC)oc(C)c1CC(C(C)=O)C(=O)OCC. The van der Waals surface area contributed by atoms with Crippen LogP contribution in [0.3, 0.4) is 0 Å². The van der Waals surface area contributed by atoms with Crippen molar-refractivity contribution in [3.8, 4) is 0 Å². The van der Waals surface area contributed by atoms with Gasteiger partial charge in [-0.2, -0.15) is 0 Å². The number of rotatable bonds is 13. The third-order valence-corrected chi connectivity index (χ3v) is 6.20. The van der Waals surface area contributed by atoms with Gasteiger partial charge in [-0.15, -0.1) is 0 Å². The zero-order valence-corrected chi connectivity index (χ0v) is 19.3. The Hall–Kier alpha value is -1.96. The lowest BCUT2D eigenvalue weighted by Gasteiger charge is -2.16. The summed E-state index contributed by atoms with van der Waals surface area (Å²) in [6.45, 7) is 10.0. The minimum Gasteiger partial charge on any atom is -0.465 e. The highest BCUT2D eigenvalue weighted by atomic mass is 31.2. The van der Waals surface area contributed by atoms with Crippen LogP contribution in [0.2, 0.25) is 0 Å². The molecule has 0 amide bonds. The number of hydrogen-bond acceptors (Lipinski definition) is 9. The van der Waals surface area contributed by atoms with Gasteiger partial charge < -0.3 is 22.9 Å². The predicted molar refractivity (Wildman–Crippen MR) is 108 cm³/mol. The minimum absolute atomic E-state index is 0.0320. The lowest BCUT2D eigenvalue weighted by molar-refractivity contribution is -0.151. The quantitative estimate of drug-likeness (QED) is 0.253. The second kappa shape index (κ2) is 12.0. The average molecular weight is 446 g/mol. The summed E-state index contributed by atoms with van der Waals surface area (Å²) in [5.41, 5.74) is 0.362. The largest absolute Gasteiger partial charge is 0.465 e. The van der Waals surface area contributed by atoms with E-state index in [9.17, 15) is 18.9 Å². The van der Waals surface area contributed by atoms with Crippen LogP contribution >= 0.6 is 7.60 Å². The number of Topliss-reactive ketones (excluding diaryl/α,β-unsaturated/α-hetero) is 1. The monoisotopic (exact) mass is 446 g/mol. The molecule has 0 spiro atoms. The summed E-state index contributed by atoms with van der Waals surface area (Å²) in [6, 6.07) is 0. The third kappa shape index (κ3) is 6.79. The summed E-state index contributed by atoms with van der Waals surface area (Å²) in [6.07, 6.45) is -0.390. The van der Waals surface area contributed by atoms with Crippen molar-refractivity contribution in [3.63, 3.8) is 0 Å². The van der Waals surface area contributed by atoms with E-state index >= 15 is 0 Å². The van der Waals surface area contributed by atoms with Gasteiger partial charge in [-0.1, -0.05) is 0 Å². The highest BCUT2D eigenvalue weighted by Gasteiger charge is 2.35. The third-order valence-electron chi connectivity index (χ3n) is 4.22. The van der Waals surface area contributed by atoms with Crippen LogP contribution in [0.5, 0.6) is 0 Å². The standard InChI is InChI=1S/C20H31O9P/c1-7-25-19(22)15(13(5)21)11-16-14(6)29-17(18(16)20(23)26-8-2)12-30(24,27-9-3)28-10-4/h15H,7-12H2,1-6H3. The van der Waals surface area contributed by atoms with E-state index in [-0.39, 0.29) is 50.3 Å². The maximum absolute atomic E-state index is 13.0. The number of carbonyl (C=O) groups excluding carboxylic acids is 3. The van der Waals surface area contributed by atoms with Gasteiger partial charge >= 0.3 is 19.5 Å². The first-order valence-corrected chi connectivity index (χ1v) is 11.7. The summed E-state index contributed by atoms with van der Waals surface area (Å²) in [7, 11) is -3.58. The van der Waals surface area contributed by atoms with Gasteiger partial charge in [-0.05, 0) is 48.0 Å². The molecule has 30 heavy (non-hydrogen) atoms. The van der Waals surface area contributed by atoms with Crippen LogP contribution in [0, 0.1) is 12.8 Å². The number of ketones is 1. The fourth-order valence-electron chi connectivity index (χ4n) is 2.98. The molecule has 0 aliphatic carbocycles. The molecule has 10 heteroatoms. The Labute approximate surface area is 176 Å². The first-order valence-electron chi connectivity index (χ1n) is 9.97. The number of ether oxygens (including phenoxy) is 2. The van der Waals surface area contributed by atoms with Crippen molar-refractivity contribution in [1.29, 1.82) is 0 Å². The molecule has 0 saturated heterocycles. The molecule has 1 atom stereocenters. The van der Waals surface area contributed by atoms with Gasteiger partial charge in [0.1, 0.15) is 34.9 Å². The highest BCUT2D eigenvalue weighted by molar-refractivity contribution is 7.53. The fraction of sp³-hybridized carbons (Fsp3) is 0.650. The average Bonchev–Trinajstić information content (AvgIpc) is 2.94. The number of furan rings is 1. The summed E-state index contributed by atoms with van der Waals surface area (Å²) in [5, 5.41) is 0. The molecule has 1 unspecified atom stereocenters. The molecule has 0 radical (unpaired) electrons. The smallest absolute Gasteiger partial charge is 0.342 e. The molecule has 0 N–H and O–H groups in total. The van der Waals surface area contributed by atoms with Crippen molar-refractivity contribution in [2.45, 2.75) is 54.1 Å². The van der Waals surface area contributed by atoms with Crippen LogP contribution in [-0.2, 0) is 45.3 Å². The van der Waals surface area contributed by atoms with Crippen molar-refractivity contribution in [1.82, 2.24) is 0 Å². The number of esters is 2. The van der Waals surface area contributed by atoms with E-state index in [2.05, 4.69) is 0 Å². The van der Waals surface area contributed by atoms with Crippen molar-refractivity contribution in [2.24, 2.45) is 5.92 Å². The molecule has 1 rings (SSSR count). The van der Waals surface area contributed by atoms with Crippen LogP contribution in [0.1, 0.15) is 62.1 Å². The van der Waals surface area contributed by atoms with Gasteiger partial charge in [0.15, 0.2) is 0 Å². The van der Waals surface area contributed by atoms with E-state index in [4.69, 9.17) is 22.9 Å². The van der Waals surface area contributed by atoms with Crippen LogP contribution in [-0.4, -0.2) is 44.1 Å². The molecule has 0 fully saturated rings. The van der Waals surface area contributed by atoms with Gasteiger partial charge in [0.25, 0.3) is 0 Å². The Kier molecular flexibility index (Phi) is 10.5. The first-order chi connectivity index (χ1) is 14.1. The van der Waals surface area contributed by atoms with E-state index in [1.807, 2.05) is 0 Å². The molecule has 1 aromatic heterocycles. The molecule has 0 bridgehead atoms. The topological polar surface area (TPSA) is 118 Å². The van der Waals surface area contributed by atoms with Crippen LogP contribution in [0.25, 0.3) is 0 Å². The fourth-order valence-corrected chi connectivity index (χ4v) is 4.60. The lowest BCUT2D eigenvalue weighted by Crippen LogP contribution is -2.27. The minimum atomic E-state index is -3.58. The van der Waals surface area contributed by atoms with Crippen molar-refractivity contribution < 1.29 is 41.9 Å². The van der Waals surface area contributed by atoms with Crippen molar-refractivity contribution >= 4 is 25.3 Å². The van der Waals surface area contributed by atoms with E-state index < -0.39 is 31.2 Å². The maximum atomic E-state index is 13.0. The van der Waals surface area contributed by atoms with Gasteiger partial charge in [0.2, 0.25) is 0 Å². The van der Waals surface area contributed by atoms with Gasteiger partial charge in [0.05, 0.1) is 26.4 Å². The van der Waals surface area contributed by atoms with E-state index in [1.165, 1.54) is 6.92 Å². The van der Waals surface area contributed by atoms with Gasteiger partial charge in [-0.25, -0.2) is 4.79 Å². The summed E-state index contributed by atoms with van der Waals surface area (Å²) < 4.78 is 39.4. The van der Waals surface area contributed by atoms with Crippen molar-refractivity contribution in [3.05, 3.63) is 22.6 Å². The normalized spacial score (nSPS) is 12.5. The number of carbonyl (C=O) groups is 3. The van der Waals surface area contributed by atoms with Crippen LogP contribution in [0.4, 0.5) is 0 Å². The zero-order valence-electron chi connectivity index (χ0n) is 18.4. The van der Waals surface area contributed by atoms with Crippen LogP contribution < -0.4 is 0 Å². The summed E-state index contributed by atoms with van der Waals surface area (Å²) in [4.78, 5) is 37.0. The Morgan fingerprint density at radius 3 is 2.00 bits per heavy atom. The molecule has 0 aliphatic rings. The first kappa shape index (κ1) is 26.1. The number of aryl methyl sites for hydroxylation is 1. The molecular weight excluding hydrogens is 415 g/mol. The van der Waals surface area contributed by atoms with Crippen LogP contribution in [0.15, 0.2) is 4.42 Å². The molecule has 1 aromatic rings. The molecule has 9 nitrogen and oxygen atoms in total. The Morgan fingerprint density at radius 2 is 1.53 bits per heavy atom. The van der Waals surface area contributed by atoms with E-state index in [1.54, 1.807) is 34.6 Å². The Balaban J connectivity index is 3.46. The molecule has 170 valence electrons. The zero-order chi connectivity index (χ0) is 22.9.